The van der Waals surface area contributed by atoms with E-state index < -0.39 is 22.6 Å². The number of benzene rings is 1. The Balaban J connectivity index is 2.45. The van der Waals surface area contributed by atoms with Crippen LogP contribution in [0.3, 0.4) is 0 Å². The second-order valence-electron chi connectivity index (χ2n) is 4.33. The van der Waals surface area contributed by atoms with Gasteiger partial charge in [0.15, 0.2) is 0 Å². The number of hydrogen-bond acceptors (Lipinski definition) is 5. The van der Waals surface area contributed by atoms with E-state index in [1.807, 2.05) is 0 Å². The number of imide groups is 1. The maximum Gasteiger partial charge on any atom is 0.277 e. The number of amides is 3. The molecule has 1 fully saturated rings. The monoisotopic (exact) mass is 289 g/mol. The maximum atomic E-state index is 12.1. The standard InChI is InChI=1S/C13H11N3O5/c1-8(17)15-7-12(18)14-10(13(15)19)6-9-4-2-3-5-11(9)16(20)21/h2-6H,7H2,1H3,(H,14,18). The molecule has 1 N–H and O–H groups in total. The highest BCUT2D eigenvalue weighted by molar-refractivity contribution is 6.12. The molecule has 1 aromatic carbocycles. The van der Waals surface area contributed by atoms with Crippen molar-refractivity contribution in [1.82, 2.24) is 10.2 Å². The van der Waals surface area contributed by atoms with Crippen LogP contribution in [-0.4, -0.2) is 34.1 Å². The van der Waals surface area contributed by atoms with E-state index in [-0.39, 0.29) is 23.5 Å². The predicted molar refractivity (Wildman–Crippen MR) is 71.6 cm³/mol. The van der Waals surface area contributed by atoms with Gasteiger partial charge >= 0.3 is 0 Å². The van der Waals surface area contributed by atoms with Crippen LogP contribution in [0.2, 0.25) is 0 Å². The summed E-state index contributed by atoms with van der Waals surface area (Å²) >= 11 is 0. The van der Waals surface area contributed by atoms with Gasteiger partial charge in [0.05, 0.1) is 10.5 Å². The summed E-state index contributed by atoms with van der Waals surface area (Å²) in [5, 5.41) is 13.2. The molecule has 0 atom stereocenters. The average Bonchev–Trinajstić information content (AvgIpc) is 2.42. The van der Waals surface area contributed by atoms with Crippen LogP contribution in [0.1, 0.15) is 12.5 Å². The number of carbonyl (C=O) groups is 3. The van der Waals surface area contributed by atoms with Gasteiger partial charge in [-0.05, 0) is 12.1 Å². The van der Waals surface area contributed by atoms with Gasteiger partial charge < -0.3 is 5.32 Å². The molecule has 1 saturated heterocycles. The Labute approximate surface area is 119 Å². The van der Waals surface area contributed by atoms with Crippen molar-refractivity contribution in [2.24, 2.45) is 0 Å². The SMILES string of the molecule is CC(=O)N1CC(=O)NC(=Cc2ccccc2[N+](=O)[O-])C1=O. The number of carbonyl (C=O) groups excluding carboxylic acids is 3. The molecule has 3 amide bonds. The Bertz CT molecular complexity index is 680. The highest BCUT2D eigenvalue weighted by Gasteiger charge is 2.31. The molecule has 0 spiro atoms. The van der Waals surface area contributed by atoms with Gasteiger partial charge in [-0.25, -0.2) is 0 Å². The number of hydrogen-bond donors (Lipinski definition) is 1. The van der Waals surface area contributed by atoms with Gasteiger partial charge in [0.1, 0.15) is 12.2 Å². The normalized spacial score (nSPS) is 16.8. The second kappa shape index (κ2) is 5.53. The summed E-state index contributed by atoms with van der Waals surface area (Å²) in [4.78, 5) is 46.0. The molecule has 1 heterocycles. The van der Waals surface area contributed by atoms with E-state index in [1.54, 1.807) is 6.07 Å². The molecule has 21 heavy (non-hydrogen) atoms. The lowest BCUT2D eigenvalue weighted by Gasteiger charge is -2.25. The first-order valence-corrected chi connectivity index (χ1v) is 5.97. The van der Waals surface area contributed by atoms with Crippen molar-refractivity contribution < 1.29 is 19.3 Å². The van der Waals surface area contributed by atoms with E-state index in [0.29, 0.717) is 0 Å². The number of nitro benzene ring substituents is 1. The van der Waals surface area contributed by atoms with Crippen LogP contribution in [0.4, 0.5) is 5.69 Å². The minimum atomic E-state index is -0.694. The average molecular weight is 289 g/mol. The van der Waals surface area contributed by atoms with Gasteiger partial charge in [-0.15, -0.1) is 0 Å². The molecule has 1 aliphatic heterocycles. The first-order valence-electron chi connectivity index (χ1n) is 5.97. The van der Waals surface area contributed by atoms with E-state index in [1.165, 1.54) is 31.2 Å². The lowest BCUT2D eigenvalue weighted by Crippen LogP contribution is -2.51. The van der Waals surface area contributed by atoms with Gasteiger partial charge in [0, 0.05) is 13.0 Å². The van der Waals surface area contributed by atoms with Crippen molar-refractivity contribution in [2.45, 2.75) is 6.92 Å². The van der Waals surface area contributed by atoms with Crippen LogP contribution >= 0.6 is 0 Å². The Morgan fingerprint density at radius 2 is 2.05 bits per heavy atom. The minimum absolute atomic E-state index is 0.163. The van der Waals surface area contributed by atoms with E-state index in [2.05, 4.69) is 5.32 Å². The van der Waals surface area contributed by atoms with Crippen molar-refractivity contribution in [3.05, 3.63) is 45.6 Å². The molecule has 0 bridgehead atoms. The van der Waals surface area contributed by atoms with E-state index in [0.717, 1.165) is 4.90 Å². The van der Waals surface area contributed by atoms with Crippen LogP contribution in [-0.2, 0) is 14.4 Å². The highest BCUT2D eigenvalue weighted by Crippen LogP contribution is 2.21. The molecule has 0 aromatic heterocycles. The molecular formula is C13H11N3O5. The minimum Gasteiger partial charge on any atom is -0.320 e. The zero-order chi connectivity index (χ0) is 15.6. The van der Waals surface area contributed by atoms with Crippen molar-refractivity contribution in [2.75, 3.05) is 6.54 Å². The fourth-order valence-corrected chi connectivity index (χ4v) is 1.89. The number of nitrogens with zero attached hydrogens (tertiary/aromatic N) is 2. The summed E-state index contributed by atoms with van der Waals surface area (Å²) in [6, 6.07) is 5.78. The molecular weight excluding hydrogens is 278 g/mol. The third-order valence-corrected chi connectivity index (χ3v) is 2.86. The first-order chi connectivity index (χ1) is 9.90. The molecule has 0 aliphatic carbocycles. The molecule has 1 aromatic rings. The maximum absolute atomic E-state index is 12.1. The summed E-state index contributed by atoms with van der Waals surface area (Å²) in [7, 11) is 0. The largest absolute Gasteiger partial charge is 0.320 e. The van der Waals surface area contributed by atoms with Gasteiger partial charge in [-0.1, -0.05) is 12.1 Å². The van der Waals surface area contributed by atoms with Gasteiger partial charge in [-0.3, -0.25) is 29.4 Å². The highest BCUT2D eigenvalue weighted by atomic mass is 16.6. The molecule has 108 valence electrons. The fourth-order valence-electron chi connectivity index (χ4n) is 1.89. The van der Waals surface area contributed by atoms with Gasteiger partial charge in [0.25, 0.3) is 11.6 Å². The Kier molecular flexibility index (Phi) is 3.79. The second-order valence-corrected chi connectivity index (χ2v) is 4.33. The summed E-state index contributed by atoms with van der Waals surface area (Å²) in [5.74, 6) is -1.79. The quantitative estimate of drug-likeness (QED) is 0.482. The van der Waals surface area contributed by atoms with Crippen molar-refractivity contribution >= 4 is 29.5 Å². The molecule has 0 saturated carbocycles. The molecule has 2 rings (SSSR count). The lowest BCUT2D eigenvalue weighted by atomic mass is 10.1. The van der Waals surface area contributed by atoms with Crippen molar-refractivity contribution in [1.29, 1.82) is 0 Å². The van der Waals surface area contributed by atoms with Gasteiger partial charge in [-0.2, -0.15) is 0 Å². The summed E-state index contributed by atoms with van der Waals surface area (Å²) < 4.78 is 0. The molecule has 8 nitrogen and oxygen atoms in total. The topological polar surface area (TPSA) is 110 Å². The third kappa shape index (κ3) is 2.94. The Hall–Kier alpha value is -3.03. The molecule has 0 unspecified atom stereocenters. The van der Waals surface area contributed by atoms with Gasteiger partial charge in [0.2, 0.25) is 11.8 Å². The molecule has 1 aliphatic rings. The number of para-hydroxylation sites is 1. The summed E-state index contributed by atoms with van der Waals surface area (Å²) in [6.07, 6.45) is 1.19. The molecule has 8 heteroatoms. The Morgan fingerprint density at radius 3 is 2.67 bits per heavy atom. The van der Waals surface area contributed by atoms with Crippen LogP contribution in [0, 0.1) is 10.1 Å². The van der Waals surface area contributed by atoms with E-state index >= 15 is 0 Å². The number of nitrogens with one attached hydrogen (secondary N) is 1. The molecule has 0 radical (unpaired) electrons. The fraction of sp³-hybridized carbons (Fsp3) is 0.154. The van der Waals surface area contributed by atoms with E-state index in [4.69, 9.17) is 0 Å². The van der Waals surface area contributed by atoms with E-state index in [9.17, 15) is 24.5 Å². The van der Waals surface area contributed by atoms with Crippen LogP contribution < -0.4 is 5.32 Å². The number of piperazine rings is 1. The lowest BCUT2D eigenvalue weighted by molar-refractivity contribution is -0.385. The van der Waals surface area contributed by atoms with Crippen molar-refractivity contribution in [3.8, 4) is 0 Å². The van der Waals surface area contributed by atoms with Crippen LogP contribution in [0.15, 0.2) is 30.0 Å². The first kappa shape index (κ1) is 14.4. The van der Waals surface area contributed by atoms with Crippen molar-refractivity contribution in [3.63, 3.8) is 0 Å². The number of rotatable bonds is 2. The zero-order valence-electron chi connectivity index (χ0n) is 11.0. The zero-order valence-corrected chi connectivity index (χ0v) is 11.0. The predicted octanol–water partition coefficient (Wildman–Crippen LogP) is 0.441. The smallest absolute Gasteiger partial charge is 0.277 e. The summed E-state index contributed by atoms with van der Waals surface area (Å²) in [6.45, 7) is 0.807. The summed E-state index contributed by atoms with van der Waals surface area (Å²) in [5.41, 5.74) is -0.209. The number of nitro groups is 1. The van der Waals surface area contributed by atoms with Crippen LogP contribution in [0.25, 0.3) is 6.08 Å². The Morgan fingerprint density at radius 1 is 1.38 bits per heavy atom. The van der Waals surface area contributed by atoms with Crippen LogP contribution in [0.5, 0.6) is 0 Å². The third-order valence-electron chi connectivity index (χ3n) is 2.86.